The number of nitrogens with one attached hydrogen (secondary N) is 1. The first-order valence-corrected chi connectivity index (χ1v) is 10.5. The molecule has 31 heavy (non-hydrogen) atoms. The summed E-state index contributed by atoms with van der Waals surface area (Å²) in [7, 11) is 0. The highest BCUT2D eigenvalue weighted by Gasteiger charge is 2.24. The van der Waals surface area contributed by atoms with Crippen molar-refractivity contribution in [3.63, 3.8) is 0 Å². The molecule has 1 unspecified atom stereocenters. The quantitative estimate of drug-likeness (QED) is 0.645. The topological polar surface area (TPSA) is 88.3 Å². The molecule has 2 amide bonds. The van der Waals surface area contributed by atoms with Gasteiger partial charge in [0, 0.05) is 13.1 Å². The molecule has 0 aliphatic carbocycles. The number of piperidine rings is 1. The number of primary amides is 1. The van der Waals surface area contributed by atoms with E-state index in [0.717, 1.165) is 41.9 Å². The van der Waals surface area contributed by atoms with E-state index in [-0.39, 0.29) is 17.7 Å². The molecule has 2 heterocycles. The highest BCUT2D eigenvalue weighted by Crippen LogP contribution is 2.23. The number of hydrogen-bond donors (Lipinski definition) is 2. The minimum atomic E-state index is -0.259. The van der Waals surface area contributed by atoms with Gasteiger partial charge < -0.3 is 16.0 Å². The number of pyridine rings is 1. The molecule has 6 nitrogen and oxygen atoms in total. The Hall–Kier alpha value is -3.67. The van der Waals surface area contributed by atoms with Crippen LogP contribution in [0.1, 0.15) is 18.4 Å². The van der Waals surface area contributed by atoms with E-state index in [0.29, 0.717) is 18.7 Å². The summed E-state index contributed by atoms with van der Waals surface area (Å²) in [5.41, 5.74) is 9.34. The van der Waals surface area contributed by atoms with Crippen molar-refractivity contribution in [3.8, 4) is 11.1 Å². The predicted octanol–water partition coefficient (Wildman–Crippen LogP) is 3.63. The number of carbonyl (C=O) groups is 2. The van der Waals surface area contributed by atoms with Crippen LogP contribution in [0.15, 0.2) is 72.9 Å². The monoisotopic (exact) mass is 414 g/mol. The van der Waals surface area contributed by atoms with E-state index in [2.05, 4.69) is 27.3 Å². The van der Waals surface area contributed by atoms with Crippen LogP contribution in [0.25, 0.3) is 11.1 Å². The van der Waals surface area contributed by atoms with Gasteiger partial charge in [0.25, 0.3) is 0 Å². The molecule has 1 fully saturated rings. The number of benzene rings is 2. The molecular weight excluding hydrogens is 388 g/mol. The van der Waals surface area contributed by atoms with E-state index in [1.54, 1.807) is 6.20 Å². The van der Waals surface area contributed by atoms with Gasteiger partial charge in [-0.3, -0.25) is 9.59 Å². The highest BCUT2D eigenvalue weighted by molar-refractivity contribution is 5.92. The Morgan fingerprint density at radius 1 is 1.00 bits per heavy atom. The molecule has 1 saturated heterocycles. The largest absolute Gasteiger partial charge is 0.369 e. The van der Waals surface area contributed by atoms with Crippen molar-refractivity contribution in [3.05, 3.63) is 78.5 Å². The third-order valence-electron chi connectivity index (χ3n) is 5.61. The van der Waals surface area contributed by atoms with E-state index in [4.69, 9.17) is 5.73 Å². The predicted molar refractivity (Wildman–Crippen MR) is 123 cm³/mol. The van der Waals surface area contributed by atoms with Crippen molar-refractivity contribution >= 4 is 23.3 Å². The molecule has 158 valence electrons. The standard InChI is InChI=1S/C25H26N4O2/c26-25(31)21-7-4-14-29(17-21)23-13-12-22(16-27-23)28-24(30)15-18-8-10-20(11-9-18)19-5-2-1-3-6-19/h1-3,5-6,8-13,16,21H,4,7,14-15,17H2,(H2,26,31)(H,28,30). The van der Waals surface area contributed by atoms with Crippen LogP contribution in [-0.4, -0.2) is 29.9 Å². The molecule has 0 saturated carbocycles. The molecule has 1 aromatic heterocycles. The average molecular weight is 415 g/mol. The van der Waals surface area contributed by atoms with Gasteiger partial charge in [0.05, 0.1) is 24.2 Å². The van der Waals surface area contributed by atoms with E-state index in [1.807, 2.05) is 54.6 Å². The van der Waals surface area contributed by atoms with Gasteiger partial charge in [-0.05, 0) is 41.7 Å². The molecule has 2 aromatic carbocycles. The maximum absolute atomic E-state index is 12.4. The summed E-state index contributed by atoms with van der Waals surface area (Å²) < 4.78 is 0. The first kappa shape index (κ1) is 20.6. The van der Waals surface area contributed by atoms with Crippen molar-refractivity contribution in [2.75, 3.05) is 23.3 Å². The fraction of sp³-hybridized carbons (Fsp3) is 0.240. The Bertz CT molecular complexity index is 1030. The SMILES string of the molecule is NC(=O)C1CCCN(c2ccc(NC(=O)Cc3ccc(-c4ccccc4)cc3)cn2)C1. The summed E-state index contributed by atoms with van der Waals surface area (Å²) in [5, 5.41) is 2.90. The summed E-state index contributed by atoms with van der Waals surface area (Å²) >= 11 is 0. The lowest BCUT2D eigenvalue weighted by Crippen LogP contribution is -2.41. The number of carbonyl (C=O) groups excluding carboxylic acids is 2. The molecule has 6 heteroatoms. The van der Waals surface area contributed by atoms with E-state index in [1.165, 1.54) is 0 Å². The van der Waals surface area contributed by atoms with Gasteiger partial charge >= 0.3 is 0 Å². The summed E-state index contributed by atoms with van der Waals surface area (Å²) in [4.78, 5) is 30.4. The molecular formula is C25H26N4O2. The molecule has 1 aliphatic heterocycles. The third kappa shape index (κ3) is 5.28. The lowest BCUT2D eigenvalue weighted by molar-refractivity contribution is -0.122. The van der Waals surface area contributed by atoms with Gasteiger partial charge in [0.15, 0.2) is 0 Å². The lowest BCUT2D eigenvalue weighted by atomic mass is 9.97. The van der Waals surface area contributed by atoms with E-state index in [9.17, 15) is 9.59 Å². The summed E-state index contributed by atoms with van der Waals surface area (Å²) in [6, 6.07) is 21.9. The van der Waals surface area contributed by atoms with Crippen molar-refractivity contribution in [1.82, 2.24) is 4.98 Å². The maximum atomic E-state index is 12.4. The number of nitrogens with two attached hydrogens (primary N) is 1. The van der Waals surface area contributed by atoms with Gasteiger partial charge in [-0.1, -0.05) is 54.6 Å². The molecule has 0 spiro atoms. The minimum absolute atomic E-state index is 0.0891. The smallest absolute Gasteiger partial charge is 0.228 e. The van der Waals surface area contributed by atoms with Crippen LogP contribution in [-0.2, 0) is 16.0 Å². The van der Waals surface area contributed by atoms with Gasteiger partial charge in [0.1, 0.15) is 5.82 Å². The van der Waals surface area contributed by atoms with Gasteiger partial charge in [-0.2, -0.15) is 0 Å². The number of hydrogen-bond acceptors (Lipinski definition) is 4. The number of anilines is 2. The lowest BCUT2D eigenvalue weighted by Gasteiger charge is -2.32. The van der Waals surface area contributed by atoms with Crippen LogP contribution >= 0.6 is 0 Å². The fourth-order valence-electron chi connectivity index (χ4n) is 3.90. The Balaban J connectivity index is 1.33. The number of rotatable bonds is 6. The molecule has 4 rings (SSSR count). The number of nitrogens with zero attached hydrogens (tertiary/aromatic N) is 2. The van der Waals surface area contributed by atoms with Crippen LogP contribution in [0, 0.1) is 5.92 Å². The Morgan fingerprint density at radius 2 is 1.74 bits per heavy atom. The summed E-state index contributed by atoms with van der Waals surface area (Å²) in [5.74, 6) is 0.308. The fourth-order valence-corrected chi connectivity index (χ4v) is 3.90. The van der Waals surface area contributed by atoms with Crippen LogP contribution in [0.3, 0.4) is 0 Å². The molecule has 0 bridgehead atoms. The second-order valence-corrected chi connectivity index (χ2v) is 7.88. The zero-order valence-corrected chi connectivity index (χ0v) is 17.3. The van der Waals surface area contributed by atoms with Gasteiger partial charge in [-0.25, -0.2) is 4.98 Å². The van der Waals surface area contributed by atoms with Crippen molar-refractivity contribution in [2.45, 2.75) is 19.3 Å². The first-order valence-electron chi connectivity index (χ1n) is 10.5. The Labute approximate surface area is 182 Å². The molecule has 1 atom stereocenters. The van der Waals surface area contributed by atoms with E-state index >= 15 is 0 Å². The zero-order valence-electron chi connectivity index (χ0n) is 17.3. The van der Waals surface area contributed by atoms with Crippen molar-refractivity contribution in [1.29, 1.82) is 0 Å². The number of amides is 2. The highest BCUT2D eigenvalue weighted by atomic mass is 16.2. The minimum Gasteiger partial charge on any atom is -0.369 e. The normalized spacial score (nSPS) is 16.0. The van der Waals surface area contributed by atoms with Gasteiger partial charge in [-0.15, -0.1) is 0 Å². The zero-order chi connectivity index (χ0) is 21.6. The molecule has 1 aliphatic rings. The maximum Gasteiger partial charge on any atom is 0.228 e. The summed E-state index contributed by atoms with van der Waals surface area (Å²) in [6.07, 6.45) is 3.69. The Morgan fingerprint density at radius 3 is 2.42 bits per heavy atom. The van der Waals surface area contributed by atoms with Crippen LogP contribution in [0.5, 0.6) is 0 Å². The van der Waals surface area contributed by atoms with Crippen LogP contribution in [0.2, 0.25) is 0 Å². The van der Waals surface area contributed by atoms with Crippen LogP contribution < -0.4 is 16.0 Å². The number of aromatic nitrogens is 1. The second-order valence-electron chi connectivity index (χ2n) is 7.88. The molecule has 3 aromatic rings. The van der Waals surface area contributed by atoms with Crippen LogP contribution in [0.4, 0.5) is 11.5 Å². The van der Waals surface area contributed by atoms with Gasteiger partial charge in [0.2, 0.25) is 11.8 Å². The molecule has 0 radical (unpaired) electrons. The third-order valence-corrected chi connectivity index (χ3v) is 5.61. The van der Waals surface area contributed by atoms with Crippen molar-refractivity contribution < 1.29 is 9.59 Å². The Kier molecular flexibility index (Phi) is 6.26. The first-order chi connectivity index (χ1) is 15.1. The summed E-state index contributed by atoms with van der Waals surface area (Å²) in [6.45, 7) is 1.44. The van der Waals surface area contributed by atoms with Crippen molar-refractivity contribution in [2.24, 2.45) is 11.7 Å². The second kappa shape index (κ2) is 9.43. The van der Waals surface area contributed by atoms with E-state index < -0.39 is 0 Å². The molecule has 3 N–H and O–H groups in total. The average Bonchev–Trinajstić information content (AvgIpc) is 2.81.